The first-order valence-electron chi connectivity index (χ1n) is 7.27. The lowest BCUT2D eigenvalue weighted by Gasteiger charge is -2.05. The van der Waals surface area contributed by atoms with Crippen LogP contribution in [-0.4, -0.2) is 16.2 Å². The standard InChI is InChI=1S/C18H14Cl2N4/c1-12-9-17(13-5-3-2-4-6-13)23-18(22-12)24-21-11-14-7-8-15(19)10-16(14)20/h2-11H,1H3,(H,22,23,24)/b21-11-. The van der Waals surface area contributed by atoms with Crippen molar-refractivity contribution in [2.75, 3.05) is 5.43 Å². The second-order valence-corrected chi connectivity index (χ2v) is 5.96. The normalized spacial score (nSPS) is 11.0. The van der Waals surface area contributed by atoms with Crippen LogP contribution in [0, 0.1) is 6.92 Å². The molecule has 0 aliphatic carbocycles. The molecule has 0 fully saturated rings. The number of halogens is 2. The first kappa shape index (κ1) is 16.4. The number of benzene rings is 2. The van der Waals surface area contributed by atoms with Crippen LogP contribution in [0.15, 0.2) is 59.7 Å². The van der Waals surface area contributed by atoms with E-state index in [1.165, 1.54) is 0 Å². The predicted octanol–water partition coefficient (Wildman–Crippen LogP) is 5.20. The fourth-order valence-corrected chi connectivity index (χ4v) is 2.60. The monoisotopic (exact) mass is 356 g/mol. The quantitative estimate of drug-likeness (QED) is 0.515. The van der Waals surface area contributed by atoms with Crippen molar-refractivity contribution in [3.63, 3.8) is 0 Å². The van der Waals surface area contributed by atoms with Gasteiger partial charge in [0, 0.05) is 21.8 Å². The van der Waals surface area contributed by atoms with Gasteiger partial charge in [0.1, 0.15) is 0 Å². The molecule has 1 heterocycles. The SMILES string of the molecule is Cc1cc(-c2ccccc2)nc(N/N=C\c2ccc(Cl)cc2Cl)n1. The number of rotatable bonds is 4. The van der Waals surface area contributed by atoms with Crippen LogP contribution >= 0.6 is 23.2 Å². The number of nitrogens with one attached hydrogen (secondary N) is 1. The van der Waals surface area contributed by atoms with E-state index in [1.807, 2.05) is 43.3 Å². The second-order valence-electron chi connectivity index (χ2n) is 5.12. The molecule has 120 valence electrons. The van der Waals surface area contributed by atoms with Gasteiger partial charge in [0.05, 0.1) is 16.9 Å². The highest BCUT2D eigenvalue weighted by Gasteiger charge is 2.04. The summed E-state index contributed by atoms with van der Waals surface area (Å²) in [5, 5.41) is 5.26. The molecule has 0 bridgehead atoms. The van der Waals surface area contributed by atoms with Crippen molar-refractivity contribution < 1.29 is 0 Å². The lowest BCUT2D eigenvalue weighted by atomic mass is 10.1. The molecule has 0 saturated carbocycles. The Hall–Kier alpha value is -2.43. The molecule has 6 heteroatoms. The van der Waals surface area contributed by atoms with Crippen LogP contribution in [0.25, 0.3) is 11.3 Å². The Balaban J connectivity index is 1.80. The van der Waals surface area contributed by atoms with Gasteiger partial charge < -0.3 is 0 Å². The van der Waals surface area contributed by atoms with Crippen LogP contribution < -0.4 is 5.43 Å². The molecular formula is C18H14Cl2N4. The summed E-state index contributed by atoms with van der Waals surface area (Å²) >= 11 is 12.0. The lowest BCUT2D eigenvalue weighted by molar-refractivity contribution is 1.08. The third-order valence-electron chi connectivity index (χ3n) is 3.25. The van der Waals surface area contributed by atoms with Gasteiger partial charge in [-0.15, -0.1) is 0 Å². The minimum Gasteiger partial charge on any atom is -0.245 e. The van der Waals surface area contributed by atoms with E-state index < -0.39 is 0 Å². The zero-order valence-electron chi connectivity index (χ0n) is 12.9. The van der Waals surface area contributed by atoms with Gasteiger partial charge in [0.15, 0.2) is 0 Å². The van der Waals surface area contributed by atoms with Crippen molar-refractivity contribution in [1.82, 2.24) is 9.97 Å². The second kappa shape index (κ2) is 7.43. The fraction of sp³-hybridized carbons (Fsp3) is 0.0556. The van der Waals surface area contributed by atoms with Crippen molar-refractivity contribution in [3.8, 4) is 11.3 Å². The summed E-state index contributed by atoms with van der Waals surface area (Å²) in [5.41, 5.74) is 6.31. The Kier molecular flexibility index (Phi) is 5.08. The van der Waals surface area contributed by atoms with Crippen molar-refractivity contribution in [3.05, 3.63) is 75.9 Å². The third-order valence-corrected chi connectivity index (χ3v) is 3.82. The van der Waals surface area contributed by atoms with E-state index in [2.05, 4.69) is 20.5 Å². The molecule has 1 N–H and O–H groups in total. The summed E-state index contributed by atoms with van der Waals surface area (Å²) in [4.78, 5) is 8.82. The van der Waals surface area contributed by atoms with Crippen LogP contribution in [0.2, 0.25) is 10.0 Å². The summed E-state index contributed by atoms with van der Waals surface area (Å²) < 4.78 is 0. The van der Waals surface area contributed by atoms with Crippen LogP contribution in [-0.2, 0) is 0 Å². The zero-order chi connectivity index (χ0) is 16.9. The van der Waals surface area contributed by atoms with Crippen molar-refractivity contribution in [1.29, 1.82) is 0 Å². The summed E-state index contributed by atoms with van der Waals surface area (Å²) in [7, 11) is 0. The van der Waals surface area contributed by atoms with Gasteiger partial charge in [-0.1, -0.05) is 59.6 Å². The Bertz CT molecular complexity index is 879. The highest BCUT2D eigenvalue weighted by atomic mass is 35.5. The molecule has 0 amide bonds. The van der Waals surface area contributed by atoms with Crippen LogP contribution in [0.3, 0.4) is 0 Å². The Labute approximate surface area is 150 Å². The molecule has 3 aromatic rings. The fourth-order valence-electron chi connectivity index (χ4n) is 2.14. The number of hydrogen-bond acceptors (Lipinski definition) is 4. The van der Waals surface area contributed by atoms with Gasteiger partial charge in [-0.25, -0.2) is 15.4 Å². The van der Waals surface area contributed by atoms with Gasteiger partial charge in [-0.05, 0) is 25.1 Å². The highest BCUT2D eigenvalue weighted by Crippen LogP contribution is 2.20. The van der Waals surface area contributed by atoms with Gasteiger partial charge in [0.2, 0.25) is 5.95 Å². The number of anilines is 1. The number of aromatic nitrogens is 2. The molecule has 0 spiro atoms. The largest absolute Gasteiger partial charge is 0.245 e. The molecule has 1 aromatic heterocycles. The first-order valence-corrected chi connectivity index (χ1v) is 8.02. The van der Waals surface area contributed by atoms with Crippen LogP contribution in [0.4, 0.5) is 5.95 Å². The lowest BCUT2D eigenvalue weighted by Crippen LogP contribution is -2.00. The molecule has 0 saturated heterocycles. The minimum absolute atomic E-state index is 0.426. The molecule has 0 atom stereocenters. The maximum atomic E-state index is 6.11. The van der Waals surface area contributed by atoms with Crippen LogP contribution in [0.5, 0.6) is 0 Å². The Morgan fingerprint density at radius 3 is 2.54 bits per heavy atom. The molecule has 4 nitrogen and oxygen atoms in total. The average Bonchev–Trinajstić information content (AvgIpc) is 2.57. The van der Waals surface area contributed by atoms with E-state index >= 15 is 0 Å². The zero-order valence-corrected chi connectivity index (χ0v) is 14.4. The molecule has 0 radical (unpaired) electrons. The molecular weight excluding hydrogens is 343 g/mol. The van der Waals surface area contributed by atoms with Crippen molar-refractivity contribution in [2.45, 2.75) is 6.92 Å². The van der Waals surface area contributed by atoms with Crippen molar-refractivity contribution in [2.24, 2.45) is 5.10 Å². The van der Waals surface area contributed by atoms with Gasteiger partial charge in [-0.3, -0.25) is 0 Å². The number of aryl methyl sites for hydroxylation is 1. The van der Waals surface area contributed by atoms with E-state index in [0.29, 0.717) is 16.0 Å². The molecule has 0 unspecified atom stereocenters. The minimum atomic E-state index is 0.426. The van der Waals surface area contributed by atoms with Crippen LogP contribution in [0.1, 0.15) is 11.3 Å². The maximum Gasteiger partial charge on any atom is 0.244 e. The Morgan fingerprint density at radius 1 is 1.00 bits per heavy atom. The molecule has 0 aliphatic heterocycles. The highest BCUT2D eigenvalue weighted by molar-refractivity contribution is 6.36. The number of hydrogen-bond donors (Lipinski definition) is 1. The third kappa shape index (κ3) is 4.10. The summed E-state index contributed by atoms with van der Waals surface area (Å²) in [6, 6.07) is 17.1. The summed E-state index contributed by atoms with van der Waals surface area (Å²) in [6.07, 6.45) is 1.60. The molecule has 2 aromatic carbocycles. The topological polar surface area (TPSA) is 50.2 Å². The van der Waals surface area contributed by atoms with Gasteiger partial charge >= 0.3 is 0 Å². The first-order chi connectivity index (χ1) is 11.6. The Morgan fingerprint density at radius 2 is 1.79 bits per heavy atom. The van der Waals surface area contributed by atoms with E-state index in [4.69, 9.17) is 23.2 Å². The average molecular weight is 357 g/mol. The number of nitrogens with zero attached hydrogens (tertiary/aromatic N) is 3. The molecule has 3 rings (SSSR count). The molecule has 24 heavy (non-hydrogen) atoms. The van der Waals surface area contributed by atoms with Gasteiger partial charge in [-0.2, -0.15) is 5.10 Å². The maximum absolute atomic E-state index is 6.11. The van der Waals surface area contributed by atoms with Gasteiger partial charge in [0.25, 0.3) is 0 Å². The smallest absolute Gasteiger partial charge is 0.244 e. The van der Waals surface area contributed by atoms with E-state index in [-0.39, 0.29) is 0 Å². The van der Waals surface area contributed by atoms with E-state index in [1.54, 1.807) is 24.4 Å². The van der Waals surface area contributed by atoms with Crippen molar-refractivity contribution >= 4 is 35.4 Å². The predicted molar refractivity (Wildman–Crippen MR) is 99.9 cm³/mol. The summed E-state index contributed by atoms with van der Waals surface area (Å²) in [6.45, 7) is 1.92. The number of hydrazone groups is 1. The van der Waals surface area contributed by atoms with E-state index in [0.717, 1.165) is 22.5 Å². The summed E-state index contributed by atoms with van der Waals surface area (Å²) in [5.74, 6) is 0.426. The van der Waals surface area contributed by atoms with E-state index in [9.17, 15) is 0 Å². The molecule has 0 aliphatic rings.